The van der Waals surface area contributed by atoms with Gasteiger partial charge in [-0.15, -0.1) is 0 Å². The van der Waals surface area contributed by atoms with E-state index in [1.54, 1.807) is 0 Å². The first-order chi connectivity index (χ1) is 8.77. The maximum absolute atomic E-state index is 11.7. The Morgan fingerprint density at radius 1 is 1.28 bits per heavy atom. The van der Waals surface area contributed by atoms with E-state index in [9.17, 15) is 4.79 Å². The third-order valence-electron chi connectivity index (χ3n) is 2.50. The number of methoxy groups -OCH3 is 1. The summed E-state index contributed by atoms with van der Waals surface area (Å²) in [5, 5.41) is 0. The van der Waals surface area contributed by atoms with Gasteiger partial charge in [-0.05, 0) is 0 Å². The van der Waals surface area contributed by atoms with Crippen molar-refractivity contribution in [1.29, 1.82) is 0 Å². The summed E-state index contributed by atoms with van der Waals surface area (Å²) in [7, 11) is 1.45. The van der Waals surface area contributed by atoms with Crippen molar-refractivity contribution in [2.45, 2.75) is 32.6 Å². The molecule has 0 unspecified atom stereocenters. The summed E-state index contributed by atoms with van der Waals surface area (Å²) in [4.78, 5) is 11.7. The first-order valence-corrected chi connectivity index (χ1v) is 8.00. The SMILES string of the molecule is CCCCC/C=C(/[Se]c1ccccc1)C(=O)OC. The van der Waals surface area contributed by atoms with Gasteiger partial charge in [-0.1, -0.05) is 0 Å². The van der Waals surface area contributed by atoms with Crippen LogP contribution in [0.5, 0.6) is 0 Å². The van der Waals surface area contributed by atoms with Gasteiger partial charge in [0.2, 0.25) is 0 Å². The van der Waals surface area contributed by atoms with Crippen LogP contribution in [0.15, 0.2) is 40.9 Å². The van der Waals surface area contributed by atoms with Gasteiger partial charge in [-0.3, -0.25) is 0 Å². The molecule has 0 heterocycles. The molecular weight excluding hydrogens is 291 g/mol. The molecule has 0 aliphatic carbocycles. The predicted octanol–water partition coefficient (Wildman–Crippen LogP) is 2.65. The van der Waals surface area contributed by atoms with Crippen molar-refractivity contribution in [1.82, 2.24) is 0 Å². The fraction of sp³-hybridized carbons (Fsp3) is 0.400. The van der Waals surface area contributed by atoms with Gasteiger partial charge in [-0.25, -0.2) is 0 Å². The number of unbranched alkanes of at least 4 members (excludes halogenated alkanes) is 3. The zero-order chi connectivity index (χ0) is 13.2. The summed E-state index contributed by atoms with van der Waals surface area (Å²) in [6.45, 7) is 2.18. The quantitative estimate of drug-likeness (QED) is 0.335. The molecule has 0 radical (unpaired) electrons. The number of hydrogen-bond acceptors (Lipinski definition) is 2. The summed E-state index contributed by atoms with van der Waals surface area (Å²) in [6, 6.07) is 10.1. The summed E-state index contributed by atoms with van der Waals surface area (Å²) >= 11 is 0.0422. The molecule has 3 heteroatoms. The van der Waals surface area contributed by atoms with Crippen LogP contribution in [0.25, 0.3) is 0 Å². The van der Waals surface area contributed by atoms with Crippen LogP contribution < -0.4 is 4.46 Å². The molecule has 2 nitrogen and oxygen atoms in total. The number of carbonyl (C=O) groups is 1. The summed E-state index contributed by atoms with van der Waals surface area (Å²) in [6.07, 6.45) is 6.57. The second kappa shape index (κ2) is 8.96. The molecule has 0 amide bonds. The number of esters is 1. The van der Waals surface area contributed by atoms with Gasteiger partial charge >= 0.3 is 116 Å². The molecule has 1 aromatic carbocycles. The number of allylic oxidation sites excluding steroid dienone is 1. The van der Waals surface area contributed by atoms with Gasteiger partial charge in [0.1, 0.15) is 0 Å². The van der Waals surface area contributed by atoms with Crippen LogP contribution in [-0.2, 0) is 9.53 Å². The number of carbonyl (C=O) groups excluding carboxylic acids is 1. The van der Waals surface area contributed by atoms with Crippen molar-refractivity contribution in [3.8, 4) is 0 Å². The van der Waals surface area contributed by atoms with Crippen molar-refractivity contribution < 1.29 is 9.53 Å². The van der Waals surface area contributed by atoms with Crippen LogP contribution in [-0.4, -0.2) is 28.0 Å². The molecule has 0 N–H and O–H groups in total. The maximum atomic E-state index is 11.7. The Labute approximate surface area is 116 Å². The van der Waals surface area contributed by atoms with E-state index in [-0.39, 0.29) is 20.9 Å². The molecular formula is C15H20O2Se. The molecule has 0 bridgehead atoms. The van der Waals surface area contributed by atoms with Gasteiger partial charge < -0.3 is 0 Å². The summed E-state index contributed by atoms with van der Waals surface area (Å²) < 4.78 is 6.88. The van der Waals surface area contributed by atoms with E-state index in [0.29, 0.717) is 0 Å². The second-order valence-corrected chi connectivity index (χ2v) is 6.31. The van der Waals surface area contributed by atoms with E-state index in [2.05, 4.69) is 25.1 Å². The van der Waals surface area contributed by atoms with Gasteiger partial charge in [-0.2, -0.15) is 0 Å². The van der Waals surface area contributed by atoms with Crippen LogP contribution in [0.2, 0.25) is 0 Å². The van der Waals surface area contributed by atoms with Crippen LogP contribution in [0.3, 0.4) is 0 Å². The Morgan fingerprint density at radius 3 is 2.61 bits per heavy atom. The molecule has 0 saturated heterocycles. The number of hydrogen-bond donors (Lipinski definition) is 0. The Bertz CT molecular complexity index is 385. The third-order valence-corrected chi connectivity index (χ3v) is 4.72. The van der Waals surface area contributed by atoms with Gasteiger partial charge in [0.05, 0.1) is 0 Å². The van der Waals surface area contributed by atoms with Gasteiger partial charge in [0, 0.05) is 0 Å². The molecule has 1 aromatic rings. The van der Waals surface area contributed by atoms with E-state index in [1.807, 2.05) is 18.2 Å². The second-order valence-electron chi connectivity index (χ2n) is 3.97. The van der Waals surface area contributed by atoms with Crippen LogP contribution in [0.1, 0.15) is 32.6 Å². The van der Waals surface area contributed by atoms with E-state index >= 15 is 0 Å². The number of benzene rings is 1. The van der Waals surface area contributed by atoms with E-state index in [4.69, 9.17) is 4.74 Å². The van der Waals surface area contributed by atoms with Crippen LogP contribution in [0, 0.1) is 0 Å². The average Bonchev–Trinajstić information content (AvgIpc) is 2.42. The minimum atomic E-state index is -0.185. The molecule has 0 aromatic heterocycles. The van der Waals surface area contributed by atoms with E-state index in [0.717, 1.165) is 17.3 Å². The monoisotopic (exact) mass is 312 g/mol. The number of ether oxygens (including phenoxy) is 1. The molecule has 0 aliphatic heterocycles. The molecule has 0 fully saturated rings. The van der Waals surface area contributed by atoms with Crippen LogP contribution in [0.4, 0.5) is 0 Å². The van der Waals surface area contributed by atoms with Crippen molar-refractivity contribution in [3.05, 3.63) is 40.9 Å². The minimum absolute atomic E-state index is 0.0422. The molecule has 18 heavy (non-hydrogen) atoms. The van der Waals surface area contributed by atoms with Crippen molar-refractivity contribution in [2.24, 2.45) is 0 Å². The van der Waals surface area contributed by atoms with Gasteiger partial charge in [0.25, 0.3) is 0 Å². The Morgan fingerprint density at radius 2 is 2.00 bits per heavy atom. The standard InChI is InChI=1S/C15H20O2Se/c1-3-4-5-9-12-14(15(16)17-2)18-13-10-7-6-8-11-13/h6-8,10-12H,3-5,9H2,1-2H3/b14-12+. The number of rotatable bonds is 7. The summed E-state index contributed by atoms with van der Waals surface area (Å²) in [5.41, 5.74) is 0. The molecule has 0 aliphatic rings. The van der Waals surface area contributed by atoms with E-state index in [1.165, 1.54) is 24.4 Å². The Kier molecular flexibility index (Phi) is 7.47. The zero-order valence-corrected chi connectivity index (χ0v) is 12.7. The van der Waals surface area contributed by atoms with E-state index < -0.39 is 0 Å². The van der Waals surface area contributed by atoms with Crippen LogP contribution >= 0.6 is 0 Å². The summed E-state index contributed by atoms with van der Waals surface area (Å²) in [5.74, 6) is -0.185. The topological polar surface area (TPSA) is 26.3 Å². The zero-order valence-electron chi connectivity index (χ0n) is 11.0. The average molecular weight is 311 g/mol. The van der Waals surface area contributed by atoms with Crippen molar-refractivity contribution >= 4 is 25.4 Å². The van der Waals surface area contributed by atoms with Crippen molar-refractivity contribution in [2.75, 3.05) is 7.11 Å². The first-order valence-electron chi connectivity index (χ1n) is 6.29. The van der Waals surface area contributed by atoms with Crippen molar-refractivity contribution in [3.63, 3.8) is 0 Å². The third kappa shape index (κ3) is 5.52. The predicted molar refractivity (Wildman–Crippen MR) is 76.1 cm³/mol. The fourth-order valence-electron chi connectivity index (χ4n) is 1.51. The molecule has 1 rings (SSSR count). The molecule has 0 saturated carbocycles. The molecule has 0 spiro atoms. The molecule has 0 atom stereocenters. The normalized spacial score (nSPS) is 11.3. The Hall–Kier alpha value is -1.05. The van der Waals surface area contributed by atoms with Gasteiger partial charge in [0.15, 0.2) is 0 Å². The molecule has 98 valence electrons. The Balaban J connectivity index is 2.64. The fourth-order valence-corrected chi connectivity index (χ4v) is 3.43. The first kappa shape index (κ1) is 15.0.